The van der Waals surface area contributed by atoms with E-state index in [9.17, 15) is 4.79 Å². The van der Waals surface area contributed by atoms with Crippen LogP contribution >= 0.6 is 0 Å². The molecule has 20 heavy (non-hydrogen) atoms. The zero-order valence-electron chi connectivity index (χ0n) is 13.1. The Morgan fingerprint density at radius 1 is 0.950 bits per heavy atom. The summed E-state index contributed by atoms with van der Waals surface area (Å²) in [6.07, 6.45) is 5.58. The van der Waals surface area contributed by atoms with Gasteiger partial charge in [-0.05, 0) is 40.5 Å². The maximum Gasteiger partial charge on any atom is 0.305 e. The van der Waals surface area contributed by atoms with E-state index < -0.39 is 5.97 Å². The van der Waals surface area contributed by atoms with Crippen molar-refractivity contribution in [3.8, 4) is 0 Å². The van der Waals surface area contributed by atoms with Crippen molar-refractivity contribution in [1.29, 1.82) is 0 Å². The van der Waals surface area contributed by atoms with Crippen molar-refractivity contribution in [2.75, 3.05) is 26.4 Å². The van der Waals surface area contributed by atoms with Gasteiger partial charge in [0.2, 0.25) is 0 Å². The summed E-state index contributed by atoms with van der Waals surface area (Å²) in [5, 5.41) is 0. The van der Waals surface area contributed by atoms with Gasteiger partial charge in [0.05, 0.1) is 6.61 Å². The van der Waals surface area contributed by atoms with E-state index >= 15 is 0 Å². The molecule has 0 aliphatic rings. The van der Waals surface area contributed by atoms with E-state index in [2.05, 4.69) is 0 Å². The maximum absolute atomic E-state index is 11.2. The second-order valence-electron chi connectivity index (χ2n) is 4.00. The van der Waals surface area contributed by atoms with Gasteiger partial charge in [0, 0.05) is 32.3 Å². The van der Waals surface area contributed by atoms with Crippen molar-refractivity contribution < 1.29 is 23.7 Å². The fraction of sp³-hybridized carbons (Fsp3) is 0.800. The maximum atomic E-state index is 11.2. The summed E-state index contributed by atoms with van der Waals surface area (Å²) in [5.41, 5.74) is 0. The second kappa shape index (κ2) is 11.9. The highest BCUT2D eigenvalue weighted by atomic mass is 16.9. The number of unbranched alkanes of at least 4 members (excludes halogenated alkanes) is 1. The van der Waals surface area contributed by atoms with Gasteiger partial charge < -0.3 is 18.9 Å². The minimum Gasteiger partial charge on any atom is -0.466 e. The van der Waals surface area contributed by atoms with Crippen LogP contribution in [0.15, 0.2) is 12.2 Å². The van der Waals surface area contributed by atoms with E-state index in [1.807, 2.05) is 26.8 Å². The Morgan fingerprint density at radius 3 is 1.95 bits per heavy atom. The van der Waals surface area contributed by atoms with Crippen LogP contribution in [-0.4, -0.2) is 38.4 Å². The largest absolute Gasteiger partial charge is 0.466 e. The highest BCUT2D eigenvalue weighted by Gasteiger charge is 2.28. The molecule has 0 N–H and O–H groups in total. The minimum atomic E-state index is -1.11. The third kappa shape index (κ3) is 8.30. The molecule has 5 nitrogen and oxygen atoms in total. The lowest BCUT2D eigenvalue weighted by Gasteiger charge is -2.29. The highest BCUT2D eigenvalue weighted by molar-refractivity contribution is 5.69. The smallest absolute Gasteiger partial charge is 0.305 e. The highest BCUT2D eigenvalue weighted by Crippen LogP contribution is 2.18. The normalized spacial score (nSPS) is 12.0. The first-order valence-electron chi connectivity index (χ1n) is 7.39. The van der Waals surface area contributed by atoms with Crippen molar-refractivity contribution in [3.05, 3.63) is 12.2 Å². The van der Waals surface area contributed by atoms with Gasteiger partial charge in [-0.15, -0.1) is 0 Å². The number of allylic oxidation sites excluding steroid dienone is 1. The molecule has 0 aromatic heterocycles. The molecule has 118 valence electrons. The van der Waals surface area contributed by atoms with Gasteiger partial charge in [-0.25, -0.2) is 0 Å². The van der Waals surface area contributed by atoms with Crippen LogP contribution in [0.25, 0.3) is 0 Å². The first kappa shape index (κ1) is 19.1. The van der Waals surface area contributed by atoms with E-state index in [4.69, 9.17) is 18.9 Å². The molecule has 0 spiro atoms. The van der Waals surface area contributed by atoms with Crippen molar-refractivity contribution in [1.82, 2.24) is 0 Å². The van der Waals surface area contributed by atoms with E-state index in [1.165, 1.54) is 0 Å². The van der Waals surface area contributed by atoms with Crippen LogP contribution in [0.5, 0.6) is 0 Å². The number of hydrogen-bond donors (Lipinski definition) is 0. The Bertz CT molecular complexity index is 258. The van der Waals surface area contributed by atoms with Gasteiger partial charge in [0.25, 0.3) is 0 Å². The predicted molar refractivity (Wildman–Crippen MR) is 77.2 cm³/mol. The zero-order chi connectivity index (χ0) is 15.3. The summed E-state index contributed by atoms with van der Waals surface area (Å²) in [6, 6.07) is 0. The van der Waals surface area contributed by atoms with Crippen molar-refractivity contribution in [3.63, 3.8) is 0 Å². The molecule has 0 aliphatic heterocycles. The minimum absolute atomic E-state index is 0.161. The Hall–Kier alpha value is -0.910. The topological polar surface area (TPSA) is 54.0 Å². The van der Waals surface area contributed by atoms with Crippen LogP contribution in [-0.2, 0) is 23.7 Å². The summed E-state index contributed by atoms with van der Waals surface area (Å²) < 4.78 is 21.5. The first-order valence-corrected chi connectivity index (χ1v) is 7.39. The van der Waals surface area contributed by atoms with Crippen LogP contribution in [0.3, 0.4) is 0 Å². The predicted octanol–water partition coefficient (Wildman–Crippen LogP) is 3.04. The number of carbonyl (C=O) groups excluding carboxylic acids is 1. The quantitative estimate of drug-likeness (QED) is 0.239. The van der Waals surface area contributed by atoms with Crippen LogP contribution in [0.4, 0.5) is 0 Å². The molecule has 0 amide bonds. The summed E-state index contributed by atoms with van der Waals surface area (Å²) in [4.78, 5) is 11.2. The van der Waals surface area contributed by atoms with Gasteiger partial charge >= 0.3 is 11.9 Å². The molecule has 0 radical (unpaired) electrons. The number of ether oxygens (including phenoxy) is 4. The number of esters is 1. The van der Waals surface area contributed by atoms with Crippen LogP contribution < -0.4 is 0 Å². The molecular formula is C15H28O5. The molecule has 0 saturated heterocycles. The average molecular weight is 288 g/mol. The molecule has 5 heteroatoms. The Morgan fingerprint density at radius 2 is 1.50 bits per heavy atom. The van der Waals surface area contributed by atoms with E-state index in [-0.39, 0.29) is 5.97 Å². The third-order valence-corrected chi connectivity index (χ3v) is 2.42. The Balaban J connectivity index is 4.27. The molecule has 0 heterocycles. The summed E-state index contributed by atoms with van der Waals surface area (Å²) in [7, 11) is 0. The lowest BCUT2D eigenvalue weighted by Crippen LogP contribution is -2.37. The van der Waals surface area contributed by atoms with E-state index in [0.29, 0.717) is 32.8 Å². The number of carbonyl (C=O) groups is 1. The number of rotatable bonds is 12. The van der Waals surface area contributed by atoms with E-state index in [1.54, 1.807) is 13.0 Å². The molecule has 0 atom stereocenters. The average Bonchev–Trinajstić information content (AvgIpc) is 2.39. The zero-order valence-corrected chi connectivity index (χ0v) is 13.1. The number of hydrogen-bond acceptors (Lipinski definition) is 5. The van der Waals surface area contributed by atoms with Crippen LogP contribution in [0.2, 0.25) is 0 Å². The molecule has 0 saturated carbocycles. The van der Waals surface area contributed by atoms with Crippen molar-refractivity contribution in [2.24, 2.45) is 0 Å². The van der Waals surface area contributed by atoms with Gasteiger partial charge in [0.15, 0.2) is 0 Å². The lowest BCUT2D eigenvalue weighted by atomic mass is 10.2. The van der Waals surface area contributed by atoms with Crippen LogP contribution in [0, 0.1) is 0 Å². The Kier molecular flexibility index (Phi) is 11.3. The van der Waals surface area contributed by atoms with Crippen LogP contribution in [0.1, 0.15) is 47.0 Å². The van der Waals surface area contributed by atoms with Crippen molar-refractivity contribution >= 4 is 5.97 Å². The molecule has 0 fully saturated rings. The molecule has 0 rings (SSSR count). The molecule has 0 aromatic carbocycles. The SMILES string of the molecule is CCOC(=O)CCC/C=C/C(OCC)(OCC)OCC. The lowest BCUT2D eigenvalue weighted by molar-refractivity contribution is -0.345. The van der Waals surface area contributed by atoms with Gasteiger partial charge in [0.1, 0.15) is 0 Å². The Labute approximate surface area is 122 Å². The fourth-order valence-electron chi connectivity index (χ4n) is 1.70. The monoisotopic (exact) mass is 288 g/mol. The summed E-state index contributed by atoms with van der Waals surface area (Å²) in [6.45, 7) is 9.38. The van der Waals surface area contributed by atoms with Gasteiger partial charge in [-0.2, -0.15) is 0 Å². The first-order chi connectivity index (χ1) is 9.64. The van der Waals surface area contributed by atoms with Gasteiger partial charge in [-0.3, -0.25) is 4.79 Å². The third-order valence-electron chi connectivity index (χ3n) is 2.42. The second-order valence-corrected chi connectivity index (χ2v) is 4.00. The molecule has 0 aliphatic carbocycles. The molecule has 0 aromatic rings. The molecular weight excluding hydrogens is 260 g/mol. The molecule has 0 bridgehead atoms. The summed E-state index contributed by atoms with van der Waals surface area (Å²) >= 11 is 0. The van der Waals surface area contributed by atoms with Crippen molar-refractivity contribution in [2.45, 2.75) is 52.9 Å². The molecule has 0 unspecified atom stereocenters. The fourth-order valence-corrected chi connectivity index (χ4v) is 1.70. The van der Waals surface area contributed by atoms with Gasteiger partial charge in [-0.1, -0.05) is 6.08 Å². The summed E-state index contributed by atoms with van der Waals surface area (Å²) in [5.74, 6) is -1.27. The standard InChI is InChI=1S/C15H28O5/c1-5-17-14(16)12-10-9-11-13-15(18-6-2,19-7-3)20-8-4/h11,13H,5-10,12H2,1-4H3/b13-11+. The van der Waals surface area contributed by atoms with E-state index in [0.717, 1.165) is 12.8 Å².